The molecule has 0 radical (unpaired) electrons. The number of benzene rings is 3. The maximum absolute atomic E-state index is 12.7. The number of hydrogen-bond donors (Lipinski definition) is 2. The number of rotatable bonds is 8. The van der Waals surface area contributed by atoms with Gasteiger partial charge in [-0.3, -0.25) is 4.79 Å². The fourth-order valence-electron chi connectivity index (χ4n) is 3.38. The van der Waals surface area contributed by atoms with Crippen molar-refractivity contribution in [1.82, 2.24) is 4.72 Å². The Balaban J connectivity index is 1.45. The molecular weight excluding hydrogens is 470 g/mol. The minimum atomic E-state index is -4.31. The van der Waals surface area contributed by atoms with Gasteiger partial charge < -0.3 is 14.3 Å². The molecule has 0 spiro atoms. The quantitative estimate of drug-likeness (QED) is 0.268. The summed E-state index contributed by atoms with van der Waals surface area (Å²) in [5.41, 5.74) is 1.91. The van der Waals surface area contributed by atoms with E-state index < -0.39 is 40.8 Å². The number of carbonyl (C=O) groups excluding carboxylic acids is 1. The molecule has 0 amide bonds. The largest absolute Gasteiger partial charge is 0.480 e. The second-order valence-electron chi connectivity index (χ2n) is 7.81. The van der Waals surface area contributed by atoms with E-state index >= 15 is 0 Å². The van der Waals surface area contributed by atoms with Crippen LogP contribution in [0.3, 0.4) is 0 Å². The van der Waals surface area contributed by atoms with Crippen molar-refractivity contribution in [2.45, 2.75) is 24.7 Å². The summed E-state index contributed by atoms with van der Waals surface area (Å²) < 4.78 is 60.6. The van der Waals surface area contributed by atoms with Gasteiger partial charge in [-0.2, -0.15) is 4.72 Å². The van der Waals surface area contributed by atoms with E-state index in [-0.39, 0.29) is 16.4 Å². The van der Waals surface area contributed by atoms with Gasteiger partial charge in [-0.15, -0.1) is 0 Å². The Labute approximate surface area is 206 Å². The molecule has 35 heavy (non-hydrogen) atoms. The summed E-state index contributed by atoms with van der Waals surface area (Å²) in [4.78, 5) is 23.8. The maximum Gasteiger partial charge on any atom is 0.379 e. The minimum Gasteiger partial charge on any atom is -0.480 e. The number of hydrogen-bond acceptors (Lipinski definition) is 6. The van der Waals surface area contributed by atoms with Crippen molar-refractivity contribution >= 4 is 32.9 Å². The Morgan fingerprint density at radius 1 is 1.00 bits per heavy atom. The summed E-state index contributed by atoms with van der Waals surface area (Å²) in [7, 11) is -4.31. The van der Waals surface area contributed by atoms with Crippen LogP contribution in [0.25, 0.3) is 22.1 Å². The van der Waals surface area contributed by atoms with Crippen LogP contribution in [-0.2, 0) is 14.8 Å². The molecule has 1 aromatic heterocycles. The second kappa shape index (κ2) is 9.73. The number of fused-ring (bicyclic) bond motifs is 1. The second-order valence-corrected chi connectivity index (χ2v) is 9.53. The van der Waals surface area contributed by atoms with Crippen molar-refractivity contribution in [2.24, 2.45) is 5.92 Å². The highest BCUT2D eigenvalue weighted by atomic mass is 32.2. The Hall–Kier alpha value is -3.95. The summed E-state index contributed by atoms with van der Waals surface area (Å²) >= 11 is 0. The lowest BCUT2D eigenvalue weighted by Crippen LogP contribution is -2.44. The number of carboxylic acids is 1. The van der Waals surface area contributed by atoms with Crippen molar-refractivity contribution in [3.63, 3.8) is 0 Å². The van der Waals surface area contributed by atoms with Gasteiger partial charge in [0.15, 0.2) is 0 Å². The Kier molecular flexibility index (Phi) is 5.68. The van der Waals surface area contributed by atoms with Crippen molar-refractivity contribution in [1.29, 1.82) is 0 Å². The first kappa shape index (κ1) is 20.4. The fourth-order valence-corrected chi connectivity index (χ4v) is 4.65. The first-order chi connectivity index (χ1) is 17.8. The van der Waals surface area contributed by atoms with E-state index in [1.807, 2.05) is 16.9 Å². The van der Waals surface area contributed by atoms with E-state index in [1.165, 1.54) is 24.3 Å². The summed E-state index contributed by atoms with van der Waals surface area (Å²) in [6.45, 7) is -1.52. The van der Waals surface area contributed by atoms with Crippen molar-refractivity contribution < 1.29 is 36.4 Å². The zero-order valence-corrected chi connectivity index (χ0v) is 19.3. The molecule has 1 unspecified atom stereocenters. The lowest BCUT2D eigenvalue weighted by atomic mass is 10.1. The lowest BCUT2D eigenvalue weighted by molar-refractivity contribution is -0.140. The predicted molar refractivity (Wildman–Crippen MR) is 130 cm³/mol. The molecule has 0 fully saturated rings. The smallest absolute Gasteiger partial charge is 0.379 e. The van der Waals surface area contributed by atoms with Crippen molar-refractivity contribution in [3.8, 4) is 16.9 Å². The molecule has 0 aliphatic rings. The third-order valence-electron chi connectivity index (χ3n) is 5.24. The van der Waals surface area contributed by atoms with Crippen LogP contribution < -0.4 is 9.46 Å². The van der Waals surface area contributed by atoms with E-state index in [0.717, 1.165) is 12.3 Å². The number of esters is 1. The van der Waals surface area contributed by atoms with Crippen LogP contribution in [0.4, 0.5) is 0 Å². The first-order valence-electron chi connectivity index (χ1n) is 12.0. The molecular formula is C26H23NO7S. The molecule has 4 rings (SSSR count). The third-order valence-corrected chi connectivity index (χ3v) is 6.69. The molecule has 0 saturated heterocycles. The molecule has 0 bridgehead atoms. The minimum absolute atomic E-state index is 0.0686. The number of para-hydroxylation sites is 1. The number of aliphatic carboxylic acids is 1. The van der Waals surface area contributed by atoms with Gasteiger partial charge in [-0.1, -0.05) is 56.2 Å². The summed E-state index contributed by atoms with van der Waals surface area (Å²) in [5, 5.41) is 10.1. The molecule has 9 heteroatoms. The van der Waals surface area contributed by atoms with Gasteiger partial charge in [-0.25, -0.2) is 13.2 Å². The number of nitrogens with one attached hydrogen (secondary N) is 1. The first-order valence-corrected chi connectivity index (χ1v) is 12.0. The molecule has 2 N–H and O–H groups in total. The van der Waals surface area contributed by atoms with Gasteiger partial charge in [0.05, 0.1) is 4.90 Å². The molecule has 0 aliphatic heterocycles. The van der Waals surface area contributed by atoms with Crippen molar-refractivity contribution in [3.05, 3.63) is 84.6 Å². The molecule has 0 aliphatic carbocycles. The summed E-state index contributed by atoms with van der Waals surface area (Å²) in [6.07, 6.45) is 0. The Bertz CT molecular complexity index is 1540. The molecule has 2 atom stereocenters. The van der Waals surface area contributed by atoms with Crippen LogP contribution >= 0.6 is 0 Å². The van der Waals surface area contributed by atoms with Gasteiger partial charge in [0.2, 0.25) is 15.8 Å². The van der Waals surface area contributed by atoms with Gasteiger partial charge in [0.1, 0.15) is 17.4 Å². The zero-order chi connectivity index (χ0) is 27.7. The maximum atomic E-state index is 12.7. The average Bonchev–Trinajstić information content (AvgIpc) is 3.31. The molecule has 1 heterocycles. The van der Waals surface area contributed by atoms with Crippen LogP contribution in [0, 0.1) is 5.92 Å². The normalized spacial score (nSPS) is 14.9. The van der Waals surface area contributed by atoms with Gasteiger partial charge >= 0.3 is 11.9 Å². The summed E-state index contributed by atoms with van der Waals surface area (Å²) in [5.74, 6) is -3.34. The van der Waals surface area contributed by atoms with E-state index in [9.17, 15) is 23.1 Å². The van der Waals surface area contributed by atoms with Gasteiger partial charge in [0, 0.05) is 9.50 Å². The number of sulfonamides is 1. The number of furan rings is 1. The Morgan fingerprint density at radius 2 is 1.63 bits per heavy atom. The molecule has 8 nitrogen and oxygen atoms in total. The zero-order valence-electron chi connectivity index (χ0n) is 21.5. The predicted octanol–water partition coefficient (Wildman–Crippen LogP) is 4.71. The average molecular weight is 497 g/mol. The van der Waals surface area contributed by atoms with Crippen LogP contribution in [0.15, 0.2) is 88.2 Å². The van der Waals surface area contributed by atoms with Crippen LogP contribution in [0.5, 0.6) is 5.75 Å². The fraction of sp³-hybridized carbons (Fsp3) is 0.154. The number of carboxylic acid groups (broad SMARTS) is 1. The molecule has 4 aromatic rings. The molecule has 180 valence electrons. The third kappa shape index (κ3) is 5.42. The Morgan fingerprint density at radius 3 is 2.23 bits per heavy atom. The van der Waals surface area contributed by atoms with E-state index in [2.05, 4.69) is 0 Å². The lowest BCUT2D eigenvalue weighted by Gasteiger charge is -2.18. The van der Waals surface area contributed by atoms with E-state index in [4.69, 9.17) is 13.3 Å². The highest BCUT2D eigenvalue weighted by molar-refractivity contribution is 7.89. The van der Waals surface area contributed by atoms with Crippen LogP contribution in [0.1, 0.15) is 28.4 Å². The van der Waals surface area contributed by atoms with Crippen molar-refractivity contribution in [2.75, 3.05) is 0 Å². The standard InChI is InChI=1S/C26H23NO7S/c1-16(2)24(25(28)29)27-35(31,32)21-13-9-18(10-14-21)17-7-11-20(12-8-17)33-26(30)23-15-19-5-3-4-6-22(19)34-23/h3-16,24,27H,1-2H3,(H,28,29)/t24-/m0/s1/i1D3/t16?,24-. The molecule has 3 aromatic carbocycles. The SMILES string of the molecule is [2H]C([2H])([2H])C(C)[C@H](NS(=O)(=O)c1ccc(-c2ccc(OC(=O)c3cc4ccccc4o3)cc2)cc1)C(=O)O. The number of ether oxygens (including phenoxy) is 1. The molecule has 0 saturated carbocycles. The highest BCUT2D eigenvalue weighted by Crippen LogP contribution is 2.25. The van der Waals surface area contributed by atoms with Gasteiger partial charge in [-0.05, 0) is 53.4 Å². The van der Waals surface area contributed by atoms with Crippen LogP contribution in [-0.4, -0.2) is 31.5 Å². The number of carbonyl (C=O) groups is 2. The highest BCUT2D eigenvalue weighted by Gasteiger charge is 2.28. The summed E-state index contributed by atoms with van der Waals surface area (Å²) in [6, 6.07) is 19.1. The van der Waals surface area contributed by atoms with E-state index in [0.29, 0.717) is 16.7 Å². The van der Waals surface area contributed by atoms with E-state index in [1.54, 1.807) is 42.5 Å². The topological polar surface area (TPSA) is 123 Å². The monoisotopic (exact) mass is 496 g/mol. The van der Waals surface area contributed by atoms with Crippen LogP contribution in [0.2, 0.25) is 0 Å². The van der Waals surface area contributed by atoms with Gasteiger partial charge in [0.25, 0.3) is 0 Å².